The highest BCUT2D eigenvalue weighted by molar-refractivity contribution is 5.77. The maximum absolute atomic E-state index is 12.4. The van der Waals surface area contributed by atoms with E-state index in [4.69, 9.17) is 0 Å². The van der Waals surface area contributed by atoms with E-state index in [1.807, 2.05) is 24.3 Å². The van der Waals surface area contributed by atoms with Crippen molar-refractivity contribution in [1.82, 2.24) is 19.8 Å². The Kier molecular flexibility index (Phi) is 6.04. The van der Waals surface area contributed by atoms with Crippen LogP contribution in [0.3, 0.4) is 0 Å². The Morgan fingerprint density at radius 2 is 2.00 bits per heavy atom. The van der Waals surface area contributed by atoms with Crippen LogP contribution in [0.4, 0.5) is 0 Å². The third-order valence-corrected chi connectivity index (χ3v) is 5.23. The Morgan fingerprint density at radius 3 is 2.77 bits per heavy atom. The molecule has 1 unspecified atom stereocenters. The first kappa shape index (κ1) is 18.6. The number of aryl methyl sites for hydroxylation is 2. The van der Waals surface area contributed by atoms with Crippen molar-refractivity contribution in [3.8, 4) is 0 Å². The molecule has 1 aromatic heterocycles. The van der Waals surface area contributed by atoms with Crippen molar-refractivity contribution in [2.24, 2.45) is 0 Å². The van der Waals surface area contributed by atoms with Gasteiger partial charge in [0, 0.05) is 25.6 Å². The van der Waals surface area contributed by atoms with Gasteiger partial charge in [-0.3, -0.25) is 9.59 Å². The Hall–Kier alpha value is -2.21. The molecule has 2 aromatic rings. The van der Waals surface area contributed by atoms with Gasteiger partial charge < -0.3 is 14.8 Å². The van der Waals surface area contributed by atoms with Crippen molar-refractivity contribution in [2.45, 2.75) is 52.1 Å². The zero-order chi connectivity index (χ0) is 18.5. The van der Waals surface area contributed by atoms with Crippen molar-refractivity contribution < 1.29 is 4.79 Å². The fraction of sp³-hybridized carbons (Fsp3) is 0.550. The SMILES string of the molecule is Cc1nc2ccccc2n(CCC(=O)NCCC(C)N2CCCC2)c1=O. The standard InChI is InChI=1S/C20H28N4O2/c1-15(23-12-5-6-13-23)9-11-21-19(25)10-14-24-18-8-4-3-7-17(18)22-16(2)20(24)26/h3-4,7-8,15H,5-6,9-14H2,1-2H3,(H,21,25). The number of para-hydroxylation sites is 2. The zero-order valence-electron chi connectivity index (χ0n) is 15.7. The molecule has 1 N–H and O–H groups in total. The minimum atomic E-state index is -0.126. The van der Waals surface area contributed by atoms with Gasteiger partial charge >= 0.3 is 0 Å². The van der Waals surface area contributed by atoms with Crippen LogP contribution >= 0.6 is 0 Å². The van der Waals surface area contributed by atoms with E-state index in [0.29, 0.717) is 31.2 Å². The molecule has 140 valence electrons. The predicted octanol–water partition coefficient (Wildman–Crippen LogP) is 2.09. The predicted molar refractivity (Wildman–Crippen MR) is 103 cm³/mol. The minimum absolute atomic E-state index is 0.0101. The molecule has 6 heteroatoms. The lowest BCUT2D eigenvalue weighted by atomic mass is 10.2. The fourth-order valence-electron chi connectivity index (χ4n) is 3.63. The van der Waals surface area contributed by atoms with Gasteiger partial charge in [-0.1, -0.05) is 12.1 Å². The van der Waals surface area contributed by atoms with Crippen LogP contribution in [-0.4, -0.2) is 46.0 Å². The number of aromatic nitrogens is 2. The number of benzene rings is 1. The third-order valence-electron chi connectivity index (χ3n) is 5.23. The van der Waals surface area contributed by atoms with E-state index in [9.17, 15) is 9.59 Å². The zero-order valence-corrected chi connectivity index (χ0v) is 15.7. The molecule has 6 nitrogen and oxygen atoms in total. The lowest BCUT2D eigenvalue weighted by Gasteiger charge is -2.23. The molecule has 0 aliphatic carbocycles. The van der Waals surface area contributed by atoms with Gasteiger partial charge in [0.1, 0.15) is 5.69 Å². The molecule has 1 aromatic carbocycles. The number of carbonyl (C=O) groups is 1. The highest BCUT2D eigenvalue weighted by Gasteiger charge is 2.17. The average molecular weight is 356 g/mol. The second-order valence-corrected chi connectivity index (χ2v) is 7.12. The summed E-state index contributed by atoms with van der Waals surface area (Å²) < 4.78 is 1.66. The number of amides is 1. The molecule has 0 bridgehead atoms. The van der Waals surface area contributed by atoms with Crippen LogP contribution in [0.1, 0.15) is 38.3 Å². The second-order valence-electron chi connectivity index (χ2n) is 7.12. The molecule has 3 rings (SSSR count). The summed E-state index contributed by atoms with van der Waals surface area (Å²) in [4.78, 5) is 31.4. The lowest BCUT2D eigenvalue weighted by molar-refractivity contribution is -0.121. The van der Waals surface area contributed by atoms with Crippen LogP contribution in [0.2, 0.25) is 0 Å². The molecule has 26 heavy (non-hydrogen) atoms. The molecule has 1 fully saturated rings. The molecular formula is C20H28N4O2. The number of nitrogens with zero attached hydrogens (tertiary/aromatic N) is 3. The van der Waals surface area contributed by atoms with Gasteiger partial charge in [-0.2, -0.15) is 0 Å². The Morgan fingerprint density at radius 1 is 1.27 bits per heavy atom. The molecule has 1 atom stereocenters. The van der Waals surface area contributed by atoms with Crippen molar-refractivity contribution in [2.75, 3.05) is 19.6 Å². The van der Waals surface area contributed by atoms with Crippen LogP contribution in [-0.2, 0) is 11.3 Å². The smallest absolute Gasteiger partial charge is 0.272 e. The van der Waals surface area contributed by atoms with Crippen LogP contribution in [0.5, 0.6) is 0 Å². The first-order valence-corrected chi connectivity index (χ1v) is 9.53. The number of hydrogen-bond donors (Lipinski definition) is 1. The van der Waals surface area contributed by atoms with Crippen LogP contribution in [0.25, 0.3) is 11.0 Å². The minimum Gasteiger partial charge on any atom is -0.356 e. The van der Waals surface area contributed by atoms with E-state index in [2.05, 4.69) is 22.1 Å². The number of hydrogen-bond acceptors (Lipinski definition) is 4. The Balaban J connectivity index is 1.54. The molecule has 1 aliphatic heterocycles. The van der Waals surface area contributed by atoms with Crippen LogP contribution < -0.4 is 10.9 Å². The first-order chi connectivity index (χ1) is 12.6. The van der Waals surface area contributed by atoms with Gasteiger partial charge in [0.05, 0.1) is 11.0 Å². The molecule has 1 saturated heterocycles. The van der Waals surface area contributed by atoms with E-state index < -0.39 is 0 Å². The summed E-state index contributed by atoms with van der Waals surface area (Å²) in [6, 6.07) is 8.05. The quantitative estimate of drug-likeness (QED) is 0.825. The highest BCUT2D eigenvalue weighted by Crippen LogP contribution is 2.13. The first-order valence-electron chi connectivity index (χ1n) is 9.53. The highest BCUT2D eigenvalue weighted by atomic mass is 16.1. The monoisotopic (exact) mass is 356 g/mol. The molecule has 1 amide bonds. The number of fused-ring (bicyclic) bond motifs is 1. The normalized spacial score (nSPS) is 16.1. The fourth-order valence-corrected chi connectivity index (χ4v) is 3.63. The van der Waals surface area contributed by atoms with Gasteiger partial charge in [0.2, 0.25) is 5.91 Å². The van der Waals surface area contributed by atoms with Crippen LogP contribution in [0, 0.1) is 6.92 Å². The van der Waals surface area contributed by atoms with Gasteiger partial charge in [-0.15, -0.1) is 0 Å². The average Bonchev–Trinajstić information content (AvgIpc) is 3.17. The Bertz CT molecular complexity index is 824. The van der Waals surface area contributed by atoms with Gasteiger partial charge in [0.25, 0.3) is 5.56 Å². The molecule has 2 heterocycles. The van der Waals surface area contributed by atoms with E-state index in [1.54, 1.807) is 11.5 Å². The largest absolute Gasteiger partial charge is 0.356 e. The second kappa shape index (κ2) is 8.45. The summed E-state index contributed by atoms with van der Waals surface area (Å²) in [5.74, 6) is -0.0101. The molecule has 0 saturated carbocycles. The van der Waals surface area contributed by atoms with E-state index in [0.717, 1.165) is 17.5 Å². The third kappa shape index (κ3) is 4.30. The molecule has 0 spiro atoms. The summed E-state index contributed by atoms with van der Waals surface area (Å²) in [6.07, 6.45) is 3.82. The van der Waals surface area contributed by atoms with E-state index >= 15 is 0 Å². The van der Waals surface area contributed by atoms with Crippen molar-refractivity contribution in [3.63, 3.8) is 0 Å². The van der Waals surface area contributed by atoms with Crippen molar-refractivity contribution in [1.29, 1.82) is 0 Å². The summed E-state index contributed by atoms with van der Waals surface area (Å²) in [5, 5.41) is 2.99. The maximum Gasteiger partial charge on any atom is 0.272 e. The number of nitrogens with one attached hydrogen (secondary N) is 1. The van der Waals surface area contributed by atoms with Gasteiger partial charge in [-0.05, 0) is 58.3 Å². The summed E-state index contributed by atoms with van der Waals surface area (Å²) in [6.45, 7) is 7.34. The van der Waals surface area contributed by atoms with Gasteiger partial charge in [0.15, 0.2) is 0 Å². The Labute approximate surface area is 154 Å². The van der Waals surface area contributed by atoms with Gasteiger partial charge in [-0.25, -0.2) is 4.98 Å². The molecular weight excluding hydrogens is 328 g/mol. The lowest BCUT2D eigenvalue weighted by Crippen LogP contribution is -2.35. The van der Waals surface area contributed by atoms with E-state index in [1.165, 1.54) is 25.9 Å². The number of carbonyl (C=O) groups excluding carboxylic acids is 1. The molecule has 0 radical (unpaired) electrons. The van der Waals surface area contributed by atoms with Crippen LogP contribution in [0.15, 0.2) is 29.1 Å². The topological polar surface area (TPSA) is 67.2 Å². The molecule has 1 aliphatic rings. The van der Waals surface area contributed by atoms with E-state index in [-0.39, 0.29) is 11.5 Å². The van der Waals surface area contributed by atoms with Crippen molar-refractivity contribution >= 4 is 16.9 Å². The summed E-state index contributed by atoms with van der Waals surface area (Å²) in [5.41, 5.74) is 1.89. The number of likely N-dealkylation sites (tertiary alicyclic amines) is 1. The summed E-state index contributed by atoms with van der Waals surface area (Å²) >= 11 is 0. The maximum atomic E-state index is 12.4. The number of rotatable bonds is 7. The summed E-state index contributed by atoms with van der Waals surface area (Å²) in [7, 11) is 0. The van der Waals surface area contributed by atoms with Crippen molar-refractivity contribution in [3.05, 3.63) is 40.3 Å².